The van der Waals surface area contributed by atoms with Crippen molar-refractivity contribution in [2.75, 3.05) is 5.32 Å². The van der Waals surface area contributed by atoms with Crippen molar-refractivity contribution in [1.82, 2.24) is 0 Å². The highest BCUT2D eigenvalue weighted by Crippen LogP contribution is 2.40. The molecule has 1 amide bonds. The molecule has 0 aliphatic carbocycles. The van der Waals surface area contributed by atoms with Crippen LogP contribution in [0.5, 0.6) is 0 Å². The van der Waals surface area contributed by atoms with Crippen molar-refractivity contribution in [3.8, 4) is 0 Å². The Morgan fingerprint density at radius 3 is 2.50 bits per heavy atom. The normalized spacial score (nSPS) is 10.6. The molecule has 0 unspecified atom stereocenters. The van der Waals surface area contributed by atoms with Crippen LogP contribution in [0.15, 0.2) is 10.5 Å². The van der Waals surface area contributed by atoms with E-state index < -0.39 is 22.3 Å². The van der Waals surface area contributed by atoms with Gasteiger partial charge in [0.15, 0.2) is 11.5 Å². The Hall–Kier alpha value is -1.50. The number of amides is 1. The van der Waals surface area contributed by atoms with E-state index in [1.807, 2.05) is 0 Å². The number of carbonyl (C=O) groups excluding carboxylic acids is 1. The van der Waals surface area contributed by atoms with Crippen LogP contribution in [0.25, 0.3) is 0 Å². The molecule has 7 heteroatoms. The number of nitrogens with zero attached hydrogens (tertiary/aromatic N) is 1. The Balaban J connectivity index is 3.63. The summed E-state index contributed by atoms with van der Waals surface area (Å²) >= 11 is 3.11. The van der Waals surface area contributed by atoms with Gasteiger partial charge in [0.2, 0.25) is 5.91 Å². The number of nitro benzene ring substituents is 1. The predicted molar refractivity (Wildman–Crippen MR) is 69.1 cm³/mol. The van der Waals surface area contributed by atoms with E-state index in [4.69, 9.17) is 0 Å². The topological polar surface area (TPSA) is 72.2 Å². The minimum Gasteiger partial charge on any atom is -0.318 e. The smallest absolute Gasteiger partial charge is 0.300 e. The maximum atomic E-state index is 13.7. The van der Waals surface area contributed by atoms with Crippen molar-refractivity contribution in [3.05, 3.63) is 32.0 Å². The van der Waals surface area contributed by atoms with Crippen LogP contribution in [0.1, 0.15) is 32.3 Å². The van der Waals surface area contributed by atoms with Gasteiger partial charge in [-0.25, -0.2) is 4.39 Å². The van der Waals surface area contributed by atoms with Gasteiger partial charge in [-0.3, -0.25) is 14.9 Å². The number of halogens is 2. The molecule has 5 nitrogen and oxygen atoms in total. The molecule has 0 spiro atoms. The minimum atomic E-state index is -0.840. The van der Waals surface area contributed by atoms with Crippen LogP contribution in [-0.2, 0) is 4.79 Å². The summed E-state index contributed by atoms with van der Waals surface area (Å²) in [7, 11) is 0. The monoisotopic (exact) mass is 318 g/mol. The van der Waals surface area contributed by atoms with Crippen molar-refractivity contribution < 1.29 is 14.1 Å². The van der Waals surface area contributed by atoms with Crippen molar-refractivity contribution >= 4 is 33.2 Å². The lowest BCUT2D eigenvalue weighted by atomic mass is 10.00. The SMILES string of the molecule is CC(=O)Nc1c(F)cc(Br)c(C(C)C)c1[N+](=O)[O-]. The lowest BCUT2D eigenvalue weighted by Crippen LogP contribution is -2.12. The molecule has 0 aliphatic heterocycles. The van der Waals surface area contributed by atoms with Crippen LogP contribution in [-0.4, -0.2) is 10.8 Å². The number of anilines is 1. The molecule has 18 heavy (non-hydrogen) atoms. The van der Waals surface area contributed by atoms with Gasteiger partial charge in [-0.2, -0.15) is 0 Å². The Labute approximate surface area is 112 Å². The average molecular weight is 319 g/mol. The molecule has 0 saturated carbocycles. The molecule has 0 saturated heterocycles. The van der Waals surface area contributed by atoms with Crippen LogP contribution in [0.4, 0.5) is 15.8 Å². The molecule has 0 aliphatic rings. The first kappa shape index (κ1) is 14.6. The first-order valence-electron chi connectivity index (χ1n) is 5.19. The Morgan fingerprint density at radius 2 is 2.11 bits per heavy atom. The third kappa shape index (κ3) is 2.84. The summed E-state index contributed by atoms with van der Waals surface area (Å²) in [5.74, 6) is -1.59. The van der Waals surface area contributed by atoms with Crippen LogP contribution in [0, 0.1) is 15.9 Å². The lowest BCUT2D eigenvalue weighted by molar-refractivity contribution is -0.384. The van der Waals surface area contributed by atoms with Crippen LogP contribution in [0.3, 0.4) is 0 Å². The number of rotatable bonds is 3. The summed E-state index contributed by atoms with van der Waals surface area (Å²) in [6.07, 6.45) is 0. The first-order valence-corrected chi connectivity index (χ1v) is 5.98. The fourth-order valence-corrected chi connectivity index (χ4v) is 2.50. The lowest BCUT2D eigenvalue weighted by Gasteiger charge is -2.13. The predicted octanol–water partition coefficient (Wildman–Crippen LogP) is 3.58. The highest BCUT2D eigenvalue weighted by Gasteiger charge is 2.28. The fourth-order valence-electron chi connectivity index (χ4n) is 1.66. The molecule has 0 aromatic heterocycles. The Kier molecular flexibility index (Phi) is 4.39. The molecule has 0 radical (unpaired) electrons. The van der Waals surface area contributed by atoms with E-state index in [9.17, 15) is 19.3 Å². The van der Waals surface area contributed by atoms with Gasteiger partial charge in [0, 0.05) is 17.0 Å². The first-order chi connectivity index (χ1) is 8.25. The molecular weight excluding hydrogens is 307 g/mol. The van der Waals surface area contributed by atoms with Gasteiger partial charge >= 0.3 is 0 Å². The molecule has 98 valence electrons. The second kappa shape index (κ2) is 5.43. The van der Waals surface area contributed by atoms with Crippen molar-refractivity contribution in [2.24, 2.45) is 0 Å². The number of hydrogen-bond donors (Lipinski definition) is 1. The molecule has 0 heterocycles. The number of nitro groups is 1. The van der Waals surface area contributed by atoms with Gasteiger partial charge < -0.3 is 5.32 Å². The third-order valence-corrected chi connectivity index (χ3v) is 2.96. The highest BCUT2D eigenvalue weighted by molar-refractivity contribution is 9.10. The van der Waals surface area contributed by atoms with E-state index in [0.717, 1.165) is 6.07 Å². The molecule has 1 aromatic rings. The zero-order chi connectivity index (χ0) is 14.0. The van der Waals surface area contributed by atoms with Crippen molar-refractivity contribution in [2.45, 2.75) is 26.7 Å². The second-order valence-corrected chi connectivity index (χ2v) is 4.92. The summed E-state index contributed by atoms with van der Waals surface area (Å²) in [5, 5.41) is 13.3. The van der Waals surface area contributed by atoms with Gasteiger partial charge in [0.1, 0.15) is 0 Å². The van der Waals surface area contributed by atoms with Crippen LogP contribution < -0.4 is 5.32 Å². The molecule has 0 atom stereocenters. The molecule has 0 bridgehead atoms. The van der Waals surface area contributed by atoms with Crippen molar-refractivity contribution in [3.63, 3.8) is 0 Å². The summed E-state index contributed by atoms with van der Waals surface area (Å²) < 4.78 is 14.0. The average Bonchev–Trinajstić information content (AvgIpc) is 2.19. The summed E-state index contributed by atoms with van der Waals surface area (Å²) in [6.45, 7) is 4.67. The minimum absolute atomic E-state index is 0.187. The maximum Gasteiger partial charge on any atom is 0.300 e. The number of hydrogen-bond acceptors (Lipinski definition) is 3. The zero-order valence-electron chi connectivity index (χ0n) is 10.1. The Bertz CT molecular complexity index is 518. The number of carbonyl (C=O) groups is 1. The number of nitrogens with one attached hydrogen (secondary N) is 1. The molecular formula is C11H12BrFN2O3. The van der Waals surface area contributed by atoms with Gasteiger partial charge in [0.25, 0.3) is 5.69 Å². The van der Waals surface area contributed by atoms with E-state index >= 15 is 0 Å². The highest BCUT2D eigenvalue weighted by atomic mass is 79.9. The van der Waals surface area contributed by atoms with Gasteiger partial charge in [0.05, 0.1) is 4.92 Å². The van der Waals surface area contributed by atoms with Gasteiger partial charge in [-0.05, 0) is 12.0 Å². The summed E-state index contributed by atoms with van der Waals surface area (Å²) in [5.41, 5.74) is -0.448. The molecule has 0 fully saturated rings. The van der Waals surface area contributed by atoms with Crippen LogP contribution >= 0.6 is 15.9 Å². The third-order valence-electron chi connectivity index (χ3n) is 2.30. The van der Waals surface area contributed by atoms with E-state index in [-0.39, 0.29) is 11.6 Å². The Morgan fingerprint density at radius 1 is 1.56 bits per heavy atom. The molecule has 1 N–H and O–H groups in total. The van der Waals surface area contributed by atoms with Crippen LogP contribution in [0.2, 0.25) is 0 Å². The zero-order valence-corrected chi connectivity index (χ0v) is 11.7. The number of benzene rings is 1. The summed E-state index contributed by atoms with van der Waals surface area (Å²) in [4.78, 5) is 21.4. The second-order valence-electron chi connectivity index (χ2n) is 4.07. The fraction of sp³-hybridized carbons (Fsp3) is 0.364. The van der Waals surface area contributed by atoms with Gasteiger partial charge in [-0.15, -0.1) is 0 Å². The molecule has 1 rings (SSSR count). The maximum absolute atomic E-state index is 13.7. The molecule has 1 aromatic carbocycles. The van der Waals surface area contributed by atoms with E-state index in [2.05, 4.69) is 21.2 Å². The summed E-state index contributed by atoms with van der Waals surface area (Å²) in [6, 6.07) is 1.12. The van der Waals surface area contributed by atoms with E-state index in [1.165, 1.54) is 6.92 Å². The quantitative estimate of drug-likeness (QED) is 0.684. The van der Waals surface area contributed by atoms with Crippen molar-refractivity contribution in [1.29, 1.82) is 0 Å². The largest absolute Gasteiger partial charge is 0.318 e. The van der Waals surface area contributed by atoms with E-state index in [1.54, 1.807) is 13.8 Å². The standard InChI is InChI=1S/C11H12BrFN2O3/c1-5(2)9-7(12)4-8(13)10(14-6(3)16)11(9)15(17)18/h4-5H,1-3H3,(H,14,16). The van der Waals surface area contributed by atoms with E-state index in [0.29, 0.717) is 10.0 Å². The van der Waals surface area contributed by atoms with Gasteiger partial charge in [-0.1, -0.05) is 29.8 Å².